The summed E-state index contributed by atoms with van der Waals surface area (Å²) in [6.07, 6.45) is 2.18. The Morgan fingerprint density at radius 1 is 1.28 bits per heavy atom. The largest absolute Gasteiger partial charge is 0.497 e. The molecule has 0 unspecified atom stereocenters. The number of amides is 1. The van der Waals surface area contributed by atoms with Crippen LogP contribution in [0.4, 0.5) is 5.69 Å². The molecule has 0 aliphatic carbocycles. The van der Waals surface area contributed by atoms with Gasteiger partial charge >= 0.3 is 0 Å². The Morgan fingerprint density at radius 3 is 2.60 bits per heavy atom. The fourth-order valence-electron chi connectivity index (χ4n) is 2.03. The molecule has 2 rings (SSSR count). The summed E-state index contributed by atoms with van der Waals surface area (Å²) in [5.41, 5.74) is 7.47. The number of carbonyl (C=O) groups excluding carboxylic acids is 1. The normalized spacial score (nSPS) is 10.7. The topological polar surface area (TPSA) is 102 Å². The van der Waals surface area contributed by atoms with Crippen LogP contribution >= 0.6 is 24.0 Å². The summed E-state index contributed by atoms with van der Waals surface area (Å²) < 4.78 is 10.2. The zero-order valence-electron chi connectivity index (χ0n) is 14.2. The maximum atomic E-state index is 11.8. The van der Waals surface area contributed by atoms with Gasteiger partial charge in [0.15, 0.2) is 11.7 Å². The molecule has 0 aliphatic rings. The third kappa shape index (κ3) is 6.65. The zero-order valence-corrected chi connectivity index (χ0v) is 16.6. The lowest BCUT2D eigenvalue weighted by atomic mass is 10.2. The van der Waals surface area contributed by atoms with E-state index in [1.807, 2.05) is 31.2 Å². The molecule has 1 heterocycles. The molecule has 0 spiro atoms. The maximum absolute atomic E-state index is 11.8. The lowest BCUT2D eigenvalue weighted by Crippen LogP contribution is -2.26. The first-order chi connectivity index (χ1) is 11.6. The molecule has 136 valence electrons. The van der Waals surface area contributed by atoms with Crippen molar-refractivity contribution < 1.29 is 13.9 Å². The number of rotatable bonds is 7. The minimum atomic E-state index is -0.217. The van der Waals surface area contributed by atoms with Crippen LogP contribution in [-0.4, -0.2) is 32.1 Å². The van der Waals surface area contributed by atoms with Crippen molar-refractivity contribution >= 4 is 41.5 Å². The molecule has 0 radical (unpaired) electrons. The van der Waals surface area contributed by atoms with Crippen molar-refractivity contribution in [2.75, 3.05) is 25.5 Å². The lowest BCUT2D eigenvalue weighted by molar-refractivity contribution is 0.0925. The van der Waals surface area contributed by atoms with Crippen LogP contribution in [0.25, 0.3) is 0 Å². The average Bonchev–Trinajstić information content (AvgIpc) is 3.01. The van der Waals surface area contributed by atoms with Crippen LogP contribution in [0, 0.1) is 6.92 Å². The van der Waals surface area contributed by atoms with E-state index in [4.69, 9.17) is 14.9 Å². The third-order valence-corrected chi connectivity index (χ3v) is 3.33. The Hall–Kier alpha value is -2.23. The molecule has 0 saturated heterocycles. The number of nitrogens with one attached hydrogen (secondary N) is 2. The molecule has 8 heteroatoms. The molecular weight excluding hydrogens is 435 g/mol. The number of anilines is 1. The fraction of sp³-hybridized carbons (Fsp3) is 0.294. The van der Waals surface area contributed by atoms with E-state index in [-0.39, 0.29) is 29.9 Å². The summed E-state index contributed by atoms with van der Waals surface area (Å²) in [5, 5.41) is 5.78. The van der Waals surface area contributed by atoms with E-state index in [0.29, 0.717) is 31.2 Å². The average molecular weight is 458 g/mol. The Bertz CT molecular complexity index is 698. The Kier molecular flexibility index (Phi) is 8.82. The summed E-state index contributed by atoms with van der Waals surface area (Å²) >= 11 is 0. The molecule has 0 saturated carbocycles. The molecule has 4 N–H and O–H groups in total. The van der Waals surface area contributed by atoms with Gasteiger partial charge in [-0.3, -0.25) is 9.79 Å². The second-order valence-electron chi connectivity index (χ2n) is 5.16. The van der Waals surface area contributed by atoms with Gasteiger partial charge in [0.1, 0.15) is 5.75 Å². The molecular formula is C17H23IN4O3. The summed E-state index contributed by atoms with van der Waals surface area (Å²) in [4.78, 5) is 16.0. The molecule has 7 nitrogen and oxygen atoms in total. The summed E-state index contributed by atoms with van der Waals surface area (Å²) in [5.74, 6) is 1.23. The van der Waals surface area contributed by atoms with Gasteiger partial charge in [-0.2, -0.15) is 0 Å². The van der Waals surface area contributed by atoms with Gasteiger partial charge in [-0.1, -0.05) is 0 Å². The lowest BCUT2D eigenvalue weighted by Gasteiger charge is -2.07. The number of guanidine groups is 1. The van der Waals surface area contributed by atoms with E-state index in [2.05, 4.69) is 15.6 Å². The predicted octanol–water partition coefficient (Wildman–Crippen LogP) is 2.76. The van der Waals surface area contributed by atoms with Gasteiger partial charge in [0.2, 0.25) is 0 Å². The molecule has 1 amide bonds. The van der Waals surface area contributed by atoms with E-state index in [9.17, 15) is 4.79 Å². The van der Waals surface area contributed by atoms with Gasteiger partial charge in [0.05, 0.1) is 13.4 Å². The van der Waals surface area contributed by atoms with Crippen molar-refractivity contribution in [1.82, 2.24) is 5.32 Å². The number of aryl methyl sites for hydroxylation is 1. The number of nitrogens with two attached hydrogens (primary N) is 1. The fourth-order valence-corrected chi connectivity index (χ4v) is 2.03. The number of ether oxygens (including phenoxy) is 1. The van der Waals surface area contributed by atoms with E-state index in [0.717, 1.165) is 17.0 Å². The number of hydrogen-bond acceptors (Lipinski definition) is 4. The van der Waals surface area contributed by atoms with Crippen LogP contribution in [0.5, 0.6) is 5.75 Å². The van der Waals surface area contributed by atoms with Crippen molar-refractivity contribution in [3.8, 4) is 5.75 Å². The second kappa shape index (κ2) is 10.6. The van der Waals surface area contributed by atoms with Crippen LogP contribution < -0.4 is 21.1 Å². The number of hydrogen-bond donors (Lipinski definition) is 3. The van der Waals surface area contributed by atoms with Crippen LogP contribution in [0.15, 0.2) is 46.0 Å². The highest BCUT2D eigenvalue weighted by Gasteiger charge is 2.11. The van der Waals surface area contributed by atoms with E-state index in [1.165, 1.54) is 6.26 Å². The minimum Gasteiger partial charge on any atom is -0.497 e. The first-order valence-electron chi connectivity index (χ1n) is 7.63. The van der Waals surface area contributed by atoms with Gasteiger partial charge in [-0.05, 0) is 43.7 Å². The van der Waals surface area contributed by atoms with Crippen LogP contribution in [0.2, 0.25) is 0 Å². The van der Waals surface area contributed by atoms with E-state index in [1.54, 1.807) is 13.2 Å². The number of benzene rings is 1. The summed E-state index contributed by atoms with van der Waals surface area (Å²) in [7, 11) is 1.62. The zero-order chi connectivity index (χ0) is 17.4. The number of aliphatic imine (C=N–C) groups is 1. The highest BCUT2D eigenvalue weighted by molar-refractivity contribution is 14.0. The summed E-state index contributed by atoms with van der Waals surface area (Å²) in [6, 6.07) is 9.13. The Balaban J connectivity index is 0.00000312. The van der Waals surface area contributed by atoms with Crippen LogP contribution in [-0.2, 0) is 0 Å². The number of carbonyl (C=O) groups is 1. The quantitative estimate of drug-likeness (QED) is 0.256. The van der Waals surface area contributed by atoms with Gasteiger partial charge in [0, 0.05) is 24.3 Å². The molecule has 1 aromatic carbocycles. The second-order valence-corrected chi connectivity index (χ2v) is 5.16. The molecule has 0 fully saturated rings. The van der Waals surface area contributed by atoms with Crippen molar-refractivity contribution in [2.45, 2.75) is 13.3 Å². The Morgan fingerprint density at radius 2 is 2.00 bits per heavy atom. The standard InChI is InChI=1S/C17H22N4O3.HI/c1-12-8-11-24-15(12)16(22)19-9-3-10-20-17(18)21-13-4-6-14(23-2)7-5-13;/h4-8,11H,3,9-10H2,1-2H3,(H,19,22)(H3,18,20,21);1H. The van der Waals surface area contributed by atoms with Crippen molar-refractivity contribution in [1.29, 1.82) is 0 Å². The smallest absolute Gasteiger partial charge is 0.287 e. The summed E-state index contributed by atoms with van der Waals surface area (Å²) in [6.45, 7) is 2.83. The highest BCUT2D eigenvalue weighted by atomic mass is 127. The number of halogens is 1. The van der Waals surface area contributed by atoms with Gasteiger partial charge in [-0.15, -0.1) is 24.0 Å². The minimum absolute atomic E-state index is 0. The van der Waals surface area contributed by atoms with Crippen molar-refractivity contribution in [3.05, 3.63) is 47.9 Å². The highest BCUT2D eigenvalue weighted by Crippen LogP contribution is 2.14. The molecule has 0 bridgehead atoms. The molecule has 0 atom stereocenters. The third-order valence-electron chi connectivity index (χ3n) is 3.33. The number of furan rings is 1. The monoisotopic (exact) mass is 458 g/mol. The first-order valence-corrected chi connectivity index (χ1v) is 7.63. The van der Waals surface area contributed by atoms with E-state index >= 15 is 0 Å². The number of methoxy groups -OCH3 is 1. The van der Waals surface area contributed by atoms with E-state index < -0.39 is 0 Å². The Labute approximate surface area is 164 Å². The molecule has 25 heavy (non-hydrogen) atoms. The van der Waals surface area contributed by atoms with Crippen LogP contribution in [0.1, 0.15) is 22.5 Å². The molecule has 1 aromatic heterocycles. The predicted molar refractivity (Wildman–Crippen MR) is 109 cm³/mol. The maximum Gasteiger partial charge on any atom is 0.287 e. The van der Waals surface area contributed by atoms with Gasteiger partial charge in [0.25, 0.3) is 5.91 Å². The van der Waals surface area contributed by atoms with Crippen molar-refractivity contribution in [3.63, 3.8) is 0 Å². The van der Waals surface area contributed by atoms with Crippen molar-refractivity contribution in [2.24, 2.45) is 10.7 Å². The number of nitrogens with zero attached hydrogens (tertiary/aromatic N) is 1. The SMILES string of the molecule is COc1ccc(NC(N)=NCCCNC(=O)c2occc2C)cc1.I. The first kappa shape index (κ1) is 20.8. The van der Waals surface area contributed by atoms with Gasteiger partial charge < -0.3 is 25.5 Å². The molecule has 2 aromatic rings. The van der Waals surface area contributed by atoms with Crippen LogP contribution in [0.3, 0.4) is 0 Å². The molecule has 0 aliphatic heterocycles. The van der Waals surface area contributed by atoms with Gasteiger partial charge in [-0.25, -0.2) is 0 Å².